The molecule has 8 heteroatoms. The van der Waals surface area contributed by atoms with Crippen LogP contribution in [0.5, 0.6) is 0 Å². The van der Waals surface area contributed by atoms with Crippen molar-refractivity contribution in [3.63, 3.8) is 0 Å². The first-order chi connectivity index (χ1) is 16.3. The summed E-state index contributed by atoms with van der Waals surface area (Å²) in [6.45, 7) is 14.9. The third-order valence-corrected chi connectivity index (χ3v) is 5.09. The number of hydrogen-bond acceptors (Lipinski definition) is 5. The second-order valence-corrected chi connectivity index (χ2v) is 10.4. The predicted octanol–water partition coefficient (Wildman–Crippen LogP) is 2.11. The highest BCUT2D eigenvalue weighted by atomic mass is 16.6. The Morgan fingerprint density at radius 3 is 2.34 bits per heavy atom. The molecule has 0 radical (unpaired) electrons. The second kappa shape index (κ2) is 9.74. The van der Waals surface area contributed by atoms with E-state index in [1.54, 1.807) is 39.3 Å². The lowest BCUT2D eigenvalue weighted by atomic mass is 9.90. The first-order valence-electron chi connectivity index (χ1n) is 11.3. The van der Waals surface area contributed by atoms with Crippen LogP contribution in [-0.2, 0) is 21.5 Å². The Kier molecular flexibility index (Phi) is 7.14. The molecular weight excluding hydrogens is 444 g/mol. The lowest BCUT2D eigenvalue weighted by Gasteiger charge is -2.20. The molecule has 2 heterocycles. The molecule has 0 aliphatic rings. The Morgan fingerprint density at radius 1 is 1.09 bits per heavy atom. The van der Waals surface area contributed by atoms with Gasteiger partial charge in [0.05, 0.1) is 18.6 Å². The zero-order valence-corrected chi connectivity index (χ0v) is 21.1. The van der Waals surface area contributed by atoms with Crippen molar-refractivity contribution in [1.82, 2.24) is 19.5 Å². The average Bonchev–Trinajstić information content (AvgIpc) is 3.22. The molecule has 8 nitrogen and oxygen atoms in total. The number of nitrogens with zero attached hydrogens (tertiary/aromatic N) is 2. The van der Waals surface area contributed by atoms with Gasteiger partial charge in [0.25, 0.3) is 11.1 Å². The first kappa shape index (κ1) is 25.7. The maximum atomic E-state index is 13.6. The molecule has 0 unspecified atom stereocenters. The van der Waals surface area contributed by atoms with Crippen molar-refractivity contribution in [1.29, 1.82) is 0 Å². The molecule has 0 aliphatic carbocycles. The first-order valence-corrected chi connectivity index (χ1v) is 11.3. The molecule has 3 aromatic rings. The largest absolute Gasteiger partial charge is 0.457 e. The zero-order chi connectivity index (χ0) is 26.0. The van der Waals surface area contributed by atoms with Crippen LogP contribution in [0.2, 0.25) is 0 Å². The van der Waals surface area contributed by atoms with Crippen molar-refractivity contribution in [2.45, 2.75) is 59.1 Å². The van der Waals surface area contributed by atoms with Gasteiger partial charge in [0.1, 0.15) is 16.3 Å². The van der Waals surface area contributed by atoms with Crippen molar-refractivity contribution < 1.29 is 9.53 Å². The van der Waals surface area contributed by atoms with E-state index in [1.165, 1.54) is 4.57 Å². The van der Waals surface area contributed by atoms with Crippen LogP contribution in [-0.4, -0.2) is 31.1 Å². The topological polar surface area (TPSA) is 110 Å². The maximum absolute atomic E-state index is 13.6. The highest BCUT2D eigenvalue weighted by Gasteiger charge is 2.21. The summed E-state index contributed by atoms with van der Waals surface area (Å²) in [5.74, 6) is -0.636. The van der Waals surface area contributed by atoms with Crippen molar-refractivity contribution in [3.8, 4) is 0 Å². The molecule has 0 atom stereocenters. The fraction of sp³-hybridized carbons (Fsp3) is 0.333. The van der Waals surface area contributed by atoms with Gasteiger partial charge < -0.3 is 14.7 Å². The molecule has 2 N–H and O–H groups in total. The fourth-order valence-electron chi connectivity index (χ4n) is 3.48. The summed E-state index contributed by atoms with van der Waals surface area (Å²) < 4.78 is 6.64. The van der Waals surface area contributed by atoms with E-state index < -0.39 is 22.7 Å². The van der Waals surface area contributed by atoms with Gasteiger partial charge in [-0.15, -0.1) is 0 Å². The number of H-pyrrole nitrogens is 2. The number of rotatable bonds is 5. The van der Waals surface area contributed by atoms with E-state index in [1.807, 2.05) is 51.1 Å². The number of carbonyl (C=O) groups excluding carboxylic acids is 1. The summed E-state index contributed by atoms with van der Waals surface area (Å²) in [6, 6.07) is 9.14. The fourth-order valence-corrected chi connectivity index (χ4v) is 3.48. The second-order valence-electron chi connectivity index (χ2n) is 10.4. The van der Waals surface area contributed by atoms with E-state index in [9.17, 15) is 14.4 Å². The third-order valence-electron chi connectivity index (χ3n) is 5.09. The monoisotopic (exact) mass is 476 g/mol. The number of aromatic amines is 2. The summed E-state index contributed by atoms with van der Waals surface area (Å²) >= 11 is 0. The van der Waals surface area contributed by atoms with Crippen LogP contribution in [0.4, 0.5) is 0 Å². The van der Waals surface area contributed by atoms with Crippen LogP contribution in [0.3, 0.4) is 0 Å². The van der Waals surface area contributed by atoms with Crippen LogP contribution in [0.15, 0.2) is 58.4 Å². The van der Waals surface area contributed by atoms with Gasteiger partial charge in [-0.2, -0.15) is 0 Å². The van der Waals surface area contributed by atoms with Crippen LogP contribution in [0.25, 0.3) is 12.2 Å². The molecule has 0 fully saturated rings. The number of hydrogen-bond donors (Lipinski definition) is 2. The Morgan fingerprint density at radius 2 is 1.74 bits per heavy atom. The van der Waals surface area contributed by atoms with Crippen molar-refractivity contribution in [3.05, 3.63) is 97.2 Å². The minimum absolute atomic E-state index is 0.0507. The van der Waals surface area contributed by atoms with E-state index in [0.717, 1.165) is 11.3 Å². The molecule has 0 saturated heterocycles. The lowest BCUT2D eigenvalue weighted by molar-refractivity contribution is -0.150. The molecule has 0 amide bonds. The Bertz CT molecular complexity index is 1480. The SMILES string of the molecule is C=C(Cn1c(=O)/c(=C/c2nc[nH]c2C(C)(C)C)[nH]c(=O)/c1=C/c1ccccc1)C(=O)OC(C)(C)C. The minimum atomic E-state index is -0.722. The molecular formula is C27H32N4O4. The molecule has 3 rings (SSSR count). The standard InChI is InChI=1S/C27H32N4O4/c1-17(25(34)35-27(5,6)7)15-31-21(13-18-11-9-8-10-12-18)23(32)30-20(24(31)33)14-19-22(26(2,3)4)29-16-28-19/h8-14,16H,1,15H2,2-7H3,(H,28,29)(H,30,32)/b20-14-,21-13-. The van der Waals surface area contributed by atoms with Gasteiger partial charge in [0, 0.05) is 16.7 Å². The summed E-state index contributed by atoms with van der Waals surface area (Å²) in [4.78, 5) is 49.4. The maximum Gasteiger partial charge on any atom is 0.335 e. The molecule has 184 valence electrons. The number of benzene rings is 1. The van der Waals surface area contributed by atoms with Crippen molar-refractivity contribution >= 4 is 18.1 Å². The molecule has 35 heavy (non-hydrogen) atoms. The van der Waals surface area contributed by atoms with E-state index in [-0.39, 0.29) is 28.2 Å². The highest BCUT2D eigenvalue weighted by Crippen LogP contribution is 2.22. The third kappa shape index (κ3) is 6.35. The van der Waals surface area contributed by atoms with E-state index in [4.69, 9.17) is 4.74 Å². The number of ether oxygens (including phenoxy) is 1. The lowest BCUT2D eigenvalue weighted by Crippen LogP contribution is -2.53. The summed E-state index contributed by atoms with van der Waals surface area (Å²) in [7, 11) is 0. The number of aromatic nitrogens is 4. The molecule has 0 aliphatic heterocycles. The van der Waals surface area contributed by atoms with Crippen LogP contribution < -0.4 is 21.8 Å². The molecule has 0 spiro atoms. The van der Waals surface area contributed by atoms with Crippen LogP contribution in [0.1, 0.15) is 58.5 Å². The number of imidazole rings is 1. The number of carbonyl (C=O) groups is 1. The summed E-state index contributed by atoms with van der Waals surface area (Å²) in [5.41, 5.74) is 0.201. The molecule has 0 bridgehead atoms. The molecule has 0 saturated carbocycles. The van der Waals surface area contributed by atoms with Crippen LogP contribution >= 0.6 is 0 Å². The van der Waals surface area contributed by atoms with Gasteiger partial charge >= 0.3 is 5.97 Å². The molecule has 2 aromatic heterocycles. The van der Waals surface area contributed by atoms with Crippen molar-refractivity contribution in [2.75, 3.05) is 0 Å². The van der Waals surface area contributed by atoms with E-state index >= 15 is 0 Å². The normalized spacial score (nSPS) is 13.2. The Balaban J connectivity index is 2.24. The Labute approximate surface area is 203 Å². The van der Waals surface area contributed by atoms with Gasteiger partial charge in [0.15, 0.2) is 0 Å². The van der Waals surface area contributed by atoms with Gasteiger partial charge in [0.2, 0.25) is 0 Å². The van der Waals surface area contributed by atoms with Crippen molar-refractivity contribution in [2.24, 2.45) is 0 Å². The van der Waals surface area contributed by atoms with Gasteiger partial charge in [-0.1, -0.05) is 57.7 Å². The highest BCUT2D eigenvalue weighted by molar-refractivity contribution is 5.87. The number of nitrogens with one attached hydrogen (secondary N) is 2. The van der Waals surface area contributed by atoms with Gasteiger partial charge in [-0.25, -0.2) is 9.78 Å². The Hall–Kier alpha value is -3.94. The zero-order valence-electron chi connectivity index (χ0n) is 21.1. The van der Waals surface area contributed by atoms with E-state index in [2.05, 4.69) is 21.5 Å². The summed E-state index contributed by atoms with van der Waals surface area (Å²) in [6.07, 6.45) is 4.69. The van der Waals surface area contributed by atoms with Gasteiger partial charge in [-0.3, -0.25) is 14.2 Å². The summed E-state index contributed by atoms with van der Waals surface area (Å²) in [5, 5.41) is 0.149. The number of esters is 1. The molecule has 1 aromatic carbocycles. The van der Waals surface area contributed by atoms with E-state index in [0.29, 0.717) is 5.69 Å². The van der Waals surface area contributed by atoms with Crippen LogP contribution in [0, 0.1) is 0 Å². The predicted molar refractivity (Wildman–Crippen MR) is 136 cm³/mol. The van der Waals surface area contributed by atoms with Gasteiger partial charge in [-0.05, 0) is 38.5 Å². The minimum Gasteiger partial charge on any atom is -0.457 e. The smallest absolute Gasteiger partial charge is 0.335 e. The quantitative estimate of drug-likeness (QED) is 0.433. The average molecular weight is 477 g/mol.